The summed E-state index contributed by atoms with van der Waals surface area (Å²) >= 11 is 12.4. The maximum Gasteiger partial charge on any atom is 0.265 e. The van der Waals surface area contributed by atoms with Crippen molar-refractivity contribution in [1.29, 1.82) is 0 Å². The third-order valence-corrected chi connectivity index (χ3v) is 4.21. The van der Waals surface area contributed by atoms with Crippen molar-refractivity contribution in [3.63, 3.8) is 0 Å². The first-order valence-electron chi connectivity index (χ1n) is 7.19. The van der Waals surface area contributed by atoms with E-state index in [0.29, 0.717) is 12.4 Å². The van der Waals surface area contributed by atoms with Gasteiger partial charge in [0.2, 0.25) is 0 Å². The molecule has 3 rings (SSSR count). The summed E-state index contributed by atoms with van der Waals surface area (Å²) in [5, 5.41) is 2.74. The first kappa shape index (κ1) is 16.6. The summed E-state index contributed by atoms with van der Waals surface area (Å²) in [6.07, 6.45) is 0. The Kier molecular flexibility index (Phi) is 4.90. The van der Waals surface area contributed by atoms with E-state index >= 15 is 0 Å². The average molecular weight is 361 g/mol. The lowest BCUT2D eigenvalue weighted by atomic mass is 10.1. The number of ether oxygens (including phenoxy) is 1. The van der Waals surface area contributed by atoms with E-state index in [0.717, 1.165) is 16.3 Å². The number of hydrogen-bond acceptors (Lipinski definition) is 3. The Labute approximate surface area is 149 Å². The van der Waals surface area contributed by atoms with Gasteiger partial charge in [0.1, 0.15) is 6.61 Å². The lowest BCUT2D eigenvalue weighted by molar-refractivity contribution is 0.0953. The molecule has 0 aliphatic rings. The van der Waals surface area contributed by atoms with Crippen molar-refractivity contribution in [2.75, 3.05) is 0 Å². The molecule has 6 heteroatoms. The number of halogens is 2. The fourth-order valence-corrected chi connectivity index (χ4v) is 3.08. The normalized spacial score (nSPS) is 10.6. The van der Waals surface area contributed by atoms with Crippen LogP contribution in [-0.4, -0.2) is 5.91 Å². The summed E-state index contributed by atoms with van der Waals surface area (Å²) in [5.41, 5.74) is 3.32. The number of carbonyl (C=O) groups excluding carboxylic acids is 1. The number of nitrogens with one attached hydrogen (secondary N) is 1. The van der Waals surface area contributed by atoms with Gasteiger partial charge in [0, 0.05) is 5.56 Å². The predicted octanol–water partition coefficient (Wildman–Crippen LogP) is 4.33. The molecule has 1 amide bonds. The fraction of sp³-hybridized carbons (Fsp3) is 0.0556. The number of carbonyl (C=O) groups is 1. The van der Waals surface area contributed by atoms with E-state index in [1.54, 1.807) is 0 Å². The number of hydrazine groups is 1. The molecule has 0 unspecified atom stereocenters. The zero-order valence-electron chi connectivity index (χ0n) is 12.6. The van der Waals surface area contributed by atoms with Gasteiger partial charge in [0.05, 0.1) is 10.0 Å². The monoisotopic (exact) mass is 360 g/mol. The number of amides is 1. The summed E-state index contributed by atoms with van der Waals surface area (Å²) in [6, 6.07) is 17.0. The van der Waals surface area contributed by atoms with E-state index in [2.05, 4.69) is 0 Å². The van der Waals surface area contributed by atoms with Crippen molar-refractivity contribution >= 4 is 39.9 Å². The quantitative estimate of drug-likeness (QED) is 0.413. The van der Waals surface area contributed by atoms with Gasteiger partial charge in [-0.1, -0.05) is 65.7 Å². The number of benzene rings is 3. The largest absolute Gasteiger partial charge is 0.486 e. The van der Waals surface area contributed by atoms with E-state index < -0.39 is 5.91 Å². The van der Waals surface area contributed by atoms with Crippen LogP contribution in [0.15, 0.2) is 54.6 Å². The Morgan fingerprint density at radius 3 is 2.42 bits per heavy atom. The molecule has 0 bridgehead atoms. The molecule has 0 aromatic heterocycles. The average Bonchev–Trinajstić information content (AvgIpc) is 2.60. The topological polar surface area (TPSA) is 64.3 Å². The molecule has 0 spiro atoms. The Morgan fingerprint density at radius 1 is 1.04 bits per heavy atom. The molecule has 122 valence electrons. The number of rotatable bonds is 4. The van der Waals surface area contributed by atoms with Gasteiger partial charge in [0.15, 0.2) is 5.75 Å². The maximum atomic E-state index is 11.6. The number of nitrogen functional groups attached to an aromatic ring is 1. The summed E-state index contributed by atoms with van der Waals surface area (Å²) in [6.45, 7) is 0.309. The van der Waals surface area contributed by atoms with Gasteiger partial charge >= 0.3 is 0 Å². The highest BCUT2D eigenvalue weighted by Gasteiger charge is 2.14. The third-order valence-electron chi connectivity index (χ3n) is 3.64. The molecule has 0 saturated carbocycles. The van der Waals surface area contributed by atoms with Crippen LogP contribution in [0.5, 0.6) is 5.75 Å². The van der Waals surface area contributed by atoms with Gasteiger partial charge in [-0.2, -0.15) is 0 Å². The second kappa shape index (κ2) is 7.09. The Balaban J connectivity index is 1.88. The van der Waals surface area contributed by atoms with Gasteiger partial charge in [-0.15, -0.1) is 0 Å². The van der Waals surface area contributed by atoms with E-state index in [4.69, 9.17) is 33.8 Å². The van der Waals surface area contributed by atoms with Crippen molar-refractivity contribution in [2.45, 2.75) is 6.61 Å². The third kappa shape index (κ3) is 3.31. The van der Waals surface area contributed by atoms with Gasteiger partial charge in [-0.25, -0.2) is 5.84 Å². The molecule has 0 atom stereocenters. The Bertz CT molecular complexity index is 884. The molecular weight excluding hydrogens is 347 g/mol. The zero-order valence-corrected chi connectivity index (χ0v) is 14.1. The summed E-state index contributed by atoms with van der Waals surface area (Å²) in [4.78, 5) is 11.6. The van der Waals surface area contributed by atoms with Crippen LogP contribution in [0.4, 0.5) is 0 Å². The number of hydrogen-bond donors (Lipinski definition) is 2. The highest BCUT2D eigenvalue weighted by Crippen LogP contribution is 2.35. The first-order valence-corrected chi connectivity index (χ1v) is 7.95. The Hall–Kier alpha value is -2.27. The SMILES string of the molecule is NNC(=O)c1cc(Cl)c(OCc2cccc3ccccc23)c(Cl)c1. The summed E-state index contributed by atoms with van der Waals surface area (Å²) in [7, 11) is 0. The fourth-order valence-electron chi connectivity index (χ4n) is 2.48. The molecule has 3 aromatic rings. The highest BCUT2D eigenvalue weighted by atomic mass is 35.5. The van der Waals surface area contributed by atoms with Crippen LogP contribution in [0.1, 0.15) is 15.9 Å². The van der Waals surface area contributed by atoms with Crippen LogP contribution in [-0.2, 0) is 6.61 Å². The van der Waals surface area contributed by atoms with E-state index in [-0.39, 0.29) is 15.6 Å². The van der Waals surface area contributed by atoms with Crippen LogP contribution >= 0.6 is 23.2 Å². The van der Waals surface area contributed by atoms with Gasteiger partial charge in [-0.3, -0.25) is 10.2 Å². The Morgan fingerprint density at radius 2 is 1.71 bits per heavy atom. The molecule has 4 nitrogen and oxygen atoms in total. The van der Waals surface area contributed by atoms with Crippen molar-refractivity contribution in [3.05, 3.63) is 75.8 Å². The second-order valence-corrected chi connectivity index (χ2v) is 5.98. The minimum atomic E-state index is -0.473. The van der Waals surface area contributed by atoms with Crippen LogP contribution in [0.25, 0.3) is 10.8 Å². The van der Waals surface area contributed by atoms with E-state index in [1.807, 2.05) is 47.9 Å². The molecule has 3 aromatic carbocycles. The molecule has 0 aliphatic heterocycles. The summed E-state index contributed by atoms with van der Waals surface area (Å²) in [5.74, 6) is 4.97. The first-order chi connectivity index (χ1) is 11.6. The van der Waals surface area contributed by atoms with Crippen molar-refractivity contribution in [3.8, 4) is 5.75 Å². The highest BCUT2D eigenvalue weighted by molar-refractivity contribution is 6.37. The minimum absolute atomic E-state index is 0.251. The molecule has 3 N–H and O–H groups in total. The lowest BCUT2D eigenvalue weighted by Crippen LogP contribution is -2.29. The molecule has 0 saturated heterocycles. The lowest BCUT2D eigenvalue weighted by Gasteiger charge is -2.13. The molecular formula is C18H14Cl2N2O2. The van der Waals surface area contributed by atoms with Gasteiger partial charge in [0.25, 0.3) is 5.91 Å². The van der Waals surface area contributed by atoms with Gasteiger partial charge in [-0.05, 0) is 28.5 Å². The molecule has 24 heavy (non-hydrogen) atoms. The molecule has 0 fully saturated rings. The van der Waals surface area contributed by atoms with Gasteiger partial charge < -0.3 is 4.74 Å². The standard InChI is InChI=1S/C18H14Cl2N2O2/c19-15-8-13(18(23)22-21)9-16(20)17(15)24-10-12-6-3-5-11-4-1-2-7-14(11)12/h1-9H,10,21H2,(H,22,23). The maximum absolute atomic E-state index is 11.6. The van der Waals surface area contributed by atoms with Crippen molar-refractivity contribution in [1.82, 2.24) is 5.43 Å². The van der Waals surface area contributed by atoms with Crippen LogP contribution in [0.3, 0.4) is 0 Å². The summed E-state index contributed by atoms with van der Waals surface area (Å²) < 4.78 is 5.80. The predicted molar refractivity (Wildman–Crippen MR) is 96.4 cm³/mol. The molecule has 0 aliphatic carbocycles. The number of nitrogens with two attached hydrogens (primary N) is 1. The minimum Gasteiger partial charge on any atom is -0.486 e. The zero-order chi connectivity index (χ0) is 17.1. The molecule has 0 heterocycles. The molecule has 0 radical (unpaired) electrons. The van der Waals surface area contributed by atoms with Crippen LogP contribution in [0, 0.1) is 0 Å². The van der Waals surface area contributed by atoms with Crippen LogP contribution < -0.4 is 16.0 Å². The smallest absolute Gasteiger partial charge is 0.265 e. The van der Waals surface area contributed by atoms with Crippen LogP contribution in [0.2, 0.25) is 10.0 Å². The van der Waals surface area contributed by atoms with E-state index in [9.17, 15) is 4.79 Å². The number of fused-ring (bicyclic) bond motifs is 1. The van der Waals surface area contributed by atoms with Crippen molar-refractivity contribution < 1.29 is 9.53 Å². The van der Waals surface area contributed by atoms with Crippen molar-refractivity contribution in [2.24, 2.45) is 5.84 Å². The van der Waals surface area contributed by atoms with E-state index in [1.165, 1.54) is 12.1 Å². The second-order valence-electron chi connectivity index (χ2n) is 5.17.